The number of Topliss-reactive ketones (excluding diaryl/α,β-unsaturated/α-hetero) is 1. The molecule has 0 amide bonds. The summed E-state index contributed by atoms with van der Waals surface area (Å²) in [4.78, 5) is 44.2. The van der Waals surface area contributed by atoms with Gasteiger partial charge in [0.25, 0.3) is 0 Å². The summed E-state index contributed by atoms with van der Waals surface area (Å²) < 4.78 is 11.2. The fourth-order valence-electron chi connectivity index (χ4n) is 12.0. The number of carbonyl (C=O) groups is 3. The Morgan fingerprint density at radius 3 is 2.22 bits per heavy atom. The average molecular weight is 897 g/mol. The van der Waals surface area contributed by atoms with Gasteiger partial charge in [0, 0.05) is 70.2 Å². The van der Waals surface area contributed by atoms with Crippen LogP contribution in [-0.4, -0.2) is 59.7 Å². The number of aliphatic hydroxyl groups is 1. The third kappa shape index (κ3) is 11.3. The highest BCUT2D eigenvalue weighted by Crippen LogP contribution is 2.44. The molecule has 65 heavy (non-hydrogen) atoms. The molecule has 2 unspecified atom stereocenters. The van der Waals surface area contributed by atoms with Gasteiger partial charge >= 0.3 is 11.9 Å². The average Bonchev–Trinajstić information content (AvgIpc) is 4.00. The minimum Gasteiger partial charge on any atom is -0.510 e. The normalized spacial score (nSPS) is 29.7. The van der Waals surface area contributed by atoms with Crippen LogP contribution in [0, 0.1) is 60.2 Å². The van der Waals surface area contributed by atoms with Gasteiger partial charge in [0.15, 0.2) is 5.78 Å². The van der Waals surface area contributed by atoms with E-state index in [0.29, 0.717) is 24.0 Å². The maximum atomic E-state index is 13.7. The largest absolute Gasteiger partial charge is 0.510 e. The summed E-state index contributed by atoms with van der Waals surface area (Å²) >= 11 is 0. The molecular weight excluding hydrogens is 813 g/mol. The summed E-state index contributed by atoms with van der Waals surface area (Å²) in [7, 11) is 1.36. The van der Waals surface area contributed by atoms with E-state index in [4.69, 9.17) is 9.47 Å². The van der Waals surface area contributed by atoms with E-state index < -0.39 is 17.9 Å². The molecule has 2 saturated heterocycles. The van der Waals surface area contributed by atoms with E-state index in [-0.39, 0.29) is 66.3 Å². The second kappa shape index (κ2) is 22.1. The van der Waals surface area contributed by atoms with Gasteiger partial charge in [-0.05, 0) is 105 Å². The quantitative estimate of drug-likeness (QED) is 0.0639. The topological polar surface area (TPSA) is 142 Å². The zero-order valence-corrected chi connectivity index (χ0v) is 42.0. The molecule has 2 fully saturated rings. The van der Waals surface area contributed by atoms with Crippen molar-refractivity contribution in [3.63, 3.8) is 0 Å². The first-order valence-electron chi connectivity index (χ1n) is 25.5. The monoisotopic (exact) mass is 897 g/mol. The number of ether oxygens (including phenoxy) is 2. The number of methoxy groups -OCH3 is 1. The molecule has 0 spiro atoms. The molecule has 10 heteroatoms. The molecule has 6 rings (SSSR count). The van der Waals surface area contributed by atoms with E-state index in [2.05, 4.69) is 101 Å². The van der Waals surface area contributed by atoms with Crippen LogP contribution in [0.1, 0.15) is 164 Å². The van der Waals surface area contributed by atoms with Gasteiger partial charge in [-0.1, -0.05) is 106 Å². The molecule has 4 aliphatic heterocycles. The molecular formula is C55H84N4O6. The molecule has 360 valence electrons. The minimum atomic E-state index is -0.998. The number of fused-ring (bicyclic) bond motifs is 8. The molecule has 1 aromatic rings. The lowest BCUT2D eigenvalue weighted by Gasteiger charge is -2.26. The minimum absolute atomic E-state index is 0.00995. The number of hydrogen-bond donors (Lipinski definition) is 5. The van der Waals surface area contributed by atoms with Crippen molar-refractivity contribution in [2.24, 2.45) is 53.3 Å². The van der Waals surface area contributed by atoms with Crippen molar-refractivity contribution >= 4 is 35.1 Å². The highest BCUT2D eigenvalue weighted by atomic mass is 16.5. The molecule has 1 aliphatic carbocycles. The maximum Gasteiger partial charge on any atom is 0.320 e. The van der Waals surface area contributed by atoms with E-state index in [1.807, 2.05) is 6.92 Å². The van der Waals surface area contributed by atoms with Crippen LogP contribution in [0.15, 0.2) is 40.4 Å². The van der Waals surface area contributed by atoms with E-state index in [1.165, 1.54) is 57.6 Å². The van der Waals surface area contributed by atoms with Crippen LogP contribution in [0.4, 0.5) is 0 Å². The van der Waals surface area contributed by atoms with Crippen molar-refractivity contribution < 1.29 is 29.0 Å². The summed E-state index contributed by atoms with van der Waals surface area (Å²) in [6, 6.07) is -0.402. The Bertz CT molecular complexity index is 2160. The van der Waals surface area contributed by atoms with E-state index >= 15 is 0 Å². The number of carbonyl (C=O) groups excluding carboxylic acids is 3. The fraction of sp³-hybridized carbons (Fsp3) is 0.691. The van der Waals surface area contributed by atoms with Crippen molar-refractivity contribution in [2.75, 3.05) is 13.7 Å². The number of H-pyrrole nitrogens is 1. The standard InChI is InChI=1S/C55H84N4O6/c1-13-39-34(7)41-29-46-48(38(11)60)36(9)43(57-46)27-42-35(8)40(52(58-42)50-51(55(63)64-12)54(62)49-37(10)44(59-53(49)50)28-45(39)56-41)23-24-47(61)65-26-25-33(6)22-16-21-32(5)20-15-19-31(4)18-14-17-30(2)3/h25,27-28,30-32,34-36,39-41,43,51-52,56-59,62H,13-24,26,29H2,1-12H3/b33-25-,42-27-,45-28-/t31-,32-,34-,35+,36?,39-,40+,41+,43?,51-,52+/m1/s1. The van der Waals surface area contributed by atoms with Gasteiger partial charge in [-0.25, -0.2) is 0 Å². The van der Waals surface area contributed by atoms with Gasteiger partial charge in [0.1, 0.15) is 18.3 Å². The van der Waals surface area contributed by atoms with Crippen molar-refractivity contribution in [1.29, 1.82) is 0 Å². The lowest BCUT2D eigenvalue weighted by atomic mass is 9.80. The van der Waals surface area contributed by atoms with Crippen LogP contribution in [0.5, 0.6) is 0 Å². The Kier molecular flexibility index (Phi) is 17.0. The number of nitrogens with one attached hydrogen (secondary N) is 4. The van der Waals surface area contributed by atoms with Gasteiger partial charge in [-0.15, -0.1) is 0 Å². The highest BCUT2D eigenvalue weighted by Gasteiger charge is 2.48. The Hall–Kier alpha value is -4.21. The molecule has 5 aliphatic rings. The van der Waals surface area contributed by atoms with Crippen molar-refractivity contribution in [1.82, 2.24) is 20.9 Å². The molecule has 0 saturated carbocycles. The Labute approximate surface area is 390 Å². The van der Waals surface area contributed by atoms with Crippen LogP contribution < -0.4 is 26.5 Å². The van der Waals surface area contributed by atoms with Gasteiger partial charge in [-0.2, -0.15) is 0 Å². The summed E-state index contributed by atoms with van der Waals surface area (Å²) in [5.74, 6) is 1.03. The maximum absolute atomic E-state index is 13.7. The summed E-state index contributed by atoms with van der Waals surface area (Å²) in [6.45, 7) is 24.3. The first-order valence-corrected chi connectivity index (χ1v) is 25.5. The Balaban J connectivity index is 1.19. The molecule has 5 heterocycles. The van der Waals surface area contributed by atoms with Gasteiger partial charge in [-0.3, -0.25) is 14.4 Å². The van der Waals surface area contributed by atoms with E-state index in [1.54, 1.807) is 6.92 Å². The number of allylic oxidation sites excluding steroid dienone is 3. The van der Waals surface area contributed by atoms with Gasteiger partial charge in [0.2, 0.25) is 0 Å². The molecule has 10 nitrogen and oxygen atoms in total. The molecule has 11 atom stereocenters. The number of aromatic amines is 1. The van der Waals surface area contributed by atoms with Crippen LogP contribution in [0.2, 0.25) is 0 Å². The van der Waals surface area contributed by atoms with Crippen molar-refractivity contribution in [3.8, 4) is 0 Å². The summed E-state index contributed by atoms with van der Waals surface area (Å²) in [5, 5.41) is 24.8. The van der Waals surface area contributed by atoms with Crippen molar-refractivity contribution in [3.05, 3.63) is 62.2 Å². The van der Waals surface area contributed by atoms with Crippen LogP contribution in [-0.2, 0) is 23.9 Å². The lowest BCUT2D eigenvalue weighted by Crippen LogP contribution is -2.38. The smallest absolute Gasteiger partial charge is 0.320 e. The second-order valence-electron chi connectivity index (χ2n) is 21.4. The van der Waals surface area contributed by atoms with Crippen LogP contribution >= 0.6 is 0 Å². The van der Waals surface area contributed by atoms with Gasteiger partial charge in [0.05, 0.1) is 24.5 Å². The zero-order chi connectivity index (χ0) is 47.3. The van der Waals surface area contributed by atoms with Crippen LogP contribution in [0.3, 0.4) is 0 Å². The predicted molar refractivity (Wildman–Crippen MR) is 262 cm³/mol. The molecule has 1 aromatic heterocycles. The summed E-state index contributed by atoms with van der Waals surface area (Å²) in [6.07, 6.45) is 20.2. The molecule has 5 N–H and O–H groups in total. The third-order valence-electron chi connectivity index (χ3n) is 16.2. The van der Waals surface area contributed by atoms with E-state index in [0.717, 1.165) is 81.9 Å². The Morgan fingerprint density at radius 2 is 1.57 bits per heavy atom. The van der Waals surface area contributed by atoms with Crippen LogP contribution in [0.25, 0.3) is 17.4 Å². The van der Waals surface area contributed by atoms with E-state index in [9.17, 15) is 19.5 Å². The number of esters is 2. The number of aromatic nitrogens is 1. The lowest BCUT2D eigenvalue weighted by molar-refractivity contribution is -0.143. The fourth-order valence-corrected chi connectivity index (χ4v) is 12.0. The molecule has 8 bridgehead atoms. The number of rotatable bonds is 20. The number of aliphatic hydroxyl groups excluding tert-OH is 1. The van der Waals surface area contributed by atoms with Crippen molar-refractivity contribution in [2.45, 2.75) is 178 Å². The number of hydrogen-bond acceptors (Lipinski definition) is 9. The molecule has 0 aromatic carbocycles. The number of ketones is 1. The first-order chi connectivity index (χ1) is 30.9. The first kappa shape index (κ1) is 50.2. The second-order valence-corrected chi connectivity index (χ2v) is 21.4. The predicted octanol–water partition coefficient (Wildman–Crippen LogP) is 9.59. The zero-order valence-electron chi connectivity index (χ0n) is 42.0. The van der Waals surface area contributed by atoms with Gasteiger partial charge < -0.3 is 35.5 Å². The highest BCUT2D eigenvalue weighted by molar-refractivity contribution is 5.96. The Morgan fingerprint density at radius 1 is 0.892 bits per heavy atom. The third-order valence-corrected chi connectivity index (χ3v) is 16.2. The SMILES string of the molecule is CC[C@H]1/C2=C/c3[nH]c4c(c3C)=C(O)[C@H](C(=O)OC)C=4[C@H]3N/C(=C\C4NC(=C(C(C)=O)C4C)C[C@H](N2)[C@@H]1C)[C@@H](C)[C@@H]3CCC(=O)OC/C=C(/C)CCC[C@H](C)CCC[C@H](C)CCCC(C)C. The molecule has 0 radical (unpaired) electrons. The summed E-state index contributed by atoms with van der Waals surface area (Å²) in [5.41, 5.74) is 7.70.